The highest BCUT2D eigenvalue weighted by Gasteiger charge is 2.35. The molecule has 5 rings (SSSR count). The van der Waals surface area contributed by atoms with Crippen molar-refractivity contribution in [1.82, 2.24) is 14.8 Å². The Kier molecular flexibility index (Phi) is 6.15. The van der Waals surface area contributed by atoms with Crippen molar-refractivity contribution in [2.45, 2.75) is 12.1 Å². The van der Waals surface area contributed by atoms with E-state index in [1.165, 1.54) is 11.1 Å². The highest BCUT2D eigenvalue weighted by Crippen LogP contribution is 2.31. The van der Waals surface area contributed by atoms with Crippen LogP contribution < -0.4 is 0 Å². The number of hydrogen-bond donors (Lipinski definition) is 1. The quantitative estimate of drug-likeness (QED) is 0.510. The molecule has 1 aliphatic rings. The molecule has 4 aromatic rings. The number of hydrogen-bond acceptors (Lipinski definition) is 4. The molecule has 5 heteroatoms. The maximum absolute atomic E-state index is 13.6. The van der Waals surface area contributed by atoms with Gasteiger partial charge in [0.1, 0.15) is 0 Å². The van der Waals surface area contributed by atoms with Gasteiger partial charge in [0.15, 0.2) is 0 Å². The van der Waals surface area contributed by atoms with Crippen LogP contribution in [-0.4, -0.2) is 58.1 Å². The number of aliphatic hydroxyl groups excluding tert-OH is 1. The lowest BCUT2D eigenvalue weighted by atomic mass is 9.95. The number of aliphatic hydroxyl groups is 1. The van der Waals surface area contributed by atoms with Crippen molar-refractivity contribution in [3.05, 3.63) is 114 Å². The first kappa shape index (κ1) is 21.3. The van der Waals surface area contributed by atoms with Crippen LogP contribution in [0, 0.1) is 0 Å². The van der Waals surface area contributed by atoms with Gasteiger partial charge in [-0.05, 0) is 16.5 Å². The Bertz CT molecular complexity index is 1180. The zero-order chi connectivity index (χ0) is 22.6. The Morgan fingerprint density at radius 1 is 0.879 bits per heavy atom. The minimum absolute atomic E-state index is 0.0675. The molecule has 1 N–H and O–H groups in total. The summed E-state index contributed by atoms with van der Waals surface area (Å²) in [6.07, 6.45) is 3.42. The third-order valence-corrected chi connectivity index (χ3v) is 6.48. The van der Waals surface area contributed by atoms with E-state index in [0.717, 1.165) is 17.3 Å². The minimum Gasteiger partial charge on any atom is -0.394 e. The molecule has 33 heavy (non-hydrogen) atoms. The van der Waals surface area contributed by atoms with Gasteiger partial charge in [-0.15, -0.1) is 0 Å². The zero-order valence-corrected chi connectivity index (χ0v) is 18.4. The van der Waals surface area contributed by atoms with Crippen LogP contribution in [0.1, 0.15) is 27.5 Å². The topological polar surface area (TPSA) is 56.7 Å². The lowest BCUT2D eigenvalue weighted by molar-refractivity contribution is 0.0228. The number of carbonyl (C=O) groups excluding carboxylic acids is 1. The Morgan fingerprint density at radius 2 is 1.52 bits per heavy atom. The van der Waals surface area contributed by atoms with Crippen molar-refractivity contribution in [1.29, 1.82) is 0 Å². The largest absolute Gasteiger partial charge is 0.394 e. The van der Waals surface area contributed by atoms with Gasteiger partial charge in [0, 0.05) is 37.4 Å². The molecule has 1 aliphatic heterocycles. The fraction of sp³-hybridized carbons (Fsp3) is 0.214. The molecule has 5 nitrogen and oxygen atoms in total. The third kappa shape index (κ3) is 4.25. The average molecular weight is 438 g/mol. The summed E-state index contributed by atoms with van der Waals surface area (Å²) in [6, 6.07) is 28.4. The monoisotopic (exact) mass is 437 g/mol. The Hall–Kier alpha value is -3.54. The smallest absolute Gasteiger partial charge is 0.256 e. The van der Waals surface area contributed by atoms with E-state index in [9.17, 15) is 9.90 Å². The average Bonchev–Trinajstić information content (AvgIpc) is 2.89. The highest BCUT2D eigenvalue weighted by atomic mass is 16.3. The summed E-state index contributed by atoms with van der Waals surface area (Å²) in [5.41, 5.74) is 3.00. The molecule has 1 amide bonds. The van der Waals surface area contributed by atoms with Gasteiger partial charge in [-0.25, -0.2) is 0 Å². The number of nitrogens with zero attached hydrogens (tertiary/aromatic N) is 3. The maximum Gasteiger partial charge on any atom is 0.256 e. The van der Waals surface area contributed by atoms with Gasteiger partial charge in [-0.2, -0.15) is 0 Å². The van der Waals surface area contributed by atoms with Crippen molar-refractivity contribution in [2.24, 2.45) is 0 Å². The summed E-state index contributed by atoms with van der Waals surface area (Å²) >= 11 is 0. The summed E-state index contributed by atoms with van der Waals surface area (Å²) in [4.78, 5) is 22.0. The number of pyridine rings is 1. The first-order valence-corrected chi connectivity index (χ1v) is 11.3. The number of amides is 1. The van der Waals surface area contributed by atoms with E-state index < -0.39 is 0 Å². The first-order valence-electron chi connectivity index (χ1n) is 11.3. The lowest BCUT2D eigenvalue weighted by Crippen LogP contribution is -2.57. The van der Waals surface area contributed by atoms with Crippen LogP contribution in [0.5, 0.6) is 0 Å². The van der Waals surface area contributed by atoms with E-state index in [2.05, 4.69) is 58.4 Å². The number of carbonyl (C=O) groups is 1. The van der Waals surface area contributed by atoms with Crippen molar-refractivity contribution < 1.29 is 9.90 Å². The summed E-state index contributed by atoms with van der Waals surface area (Å²) < 4.78 is 0. The standard InChI is InChI=1S/C28H27N3O2/c32-20-24-19-30(27(21-9-3-1-4-10-21)22-11-5-2-6-12-22)15-16-31(24)28(33)26-18-29-17-23-13-7-8-14-25(23)26/h1-14,17-18,24,27,32H,15-16,19-20H2/t24-/m0/s1. The second-order valence-corrected chi connectivity index (χ2v) is 8.46. The molecule has 0 saturated carbocycles. The van der Waals surface area contributed by atoms with Crippen LogP contribution in [0.25, 0.3) is 10.8 Å². The fourth-order valence-electron chi connectivity index (χ4n) is 4.86. The van der Waals surface area contributed by atoms with Gasteiger partial charge < -0.3 is 10.0 Å². The summed E-state index contributed by atoms with van der Waals surface area (Å²) in [5, 5.41) is 12.1. The minimum atomic E-state index is -0.292. The lowest BCUT2D eigenvalue weighted by Gasteiger charge is -2.44. The van der Waals surface area contributed by atoms with Crippen LogP contribution in [0.2, 0.25) is 0 Å². The molecule has 0 radical (unpaired) electrons. The zero-order valence-electron chi connectivity index (χ0n) is 18.4. The molecular weight excluding hydrogens is 410 g/mol. The number of rotatable bonds is 5. The van der Waals surface area contributed by atoms with Crippen molar-refractivity contribution >= 4 is 16.7 Å². The van der Waals surface area contributed by atoms with Crippen LogP contribution in [0.3, 0.4) is 0 Å². The number of fused-ring (bicyclic) bond motifs is 1. The predicted octanol–water partition coefficient (Wildman–Crippen LogP) is 4.14. The third-order valence-electron chi connectivity index (χ3n) is 6.48. The maximum atomic E-state index is 13.6. The van der Waals surface area contributed by atoms with Gasteiger partial charge in [0.2, 0.25) is 0 Å². The SMILES string of the molecule is O=C(c1cncc2ccccc12)N1CCN(C(c2ccccc2)c2ccccc2)C[C@H]1CO. The molecule has 1 saturated heterocycles. The number of aromatic nitrogens is 1. The number of benzene rings is 3. The van der Waals surface area contributed by atoms with Crippen LogP contribution in [0.4, 0.5) is 0 Å². The van der Waals surface area contributed by atoms with E-state index in [1.54, 1.807) is 12.4 Å². The Labute approximate surface area is 193 Å². The van der Waals surface area contributed by atoms with E-state index in [1.807, 2.05) is 41.3 Å². The van der Waals surface area contributed by atoms with Gasteiger partial charge in [-0.3, -0.25) is 14.7 Å². The highest BCUT2D eigenvalue weighted by molar-refractivity contribution is 6.06. The van der Waals surface area contributed by atoms with Crippen molar-refractivity contribution in [3.8, 4) is 0 Å². The second-order valence-electron chi connectivity index (χ2n) is 8.46. The molecule has 1 fully saturated rings. The molecule has 0 unspecified atom stereocenters. The molecule has 0 spiro atoms. The van der Waals surface area contributed by atoms with E-state index in [0.29, 0.717) is 18.7 Å². The fourth-order valence-corrected chi connectivity index (χ4v) is 4.86. The molecule has 166 valence electrons. The van der Waals surface area contributed by atoms with Gasteiger partial charge >= 0.3 is 0 Å². The second kappa shape index (κ2) is 9.53. The summed E-state index contributed by atoms with van der Waals surface area (Å²) in [6.45, 7) is 1.77. The van der Waals surface area contributed by atoms with E-state index in [4.69, 9.17) is 0 Å². The molecule has 1 atom stereocenters. The van der Waals surface area contributed by atoms with Gasteiger partial charge in [0.05, 0.1) is 24.3 Å². The molecule has 3 aromatic carbocycles. The van der Waals surface area contributed by atoms with Crippen molar-refractivity contribution in [2.75, 3.05) is 26.2 Å². The van der Waals surface area contributed by atoms with E-state index in [-0.39, 0.29) is 24.6 Å². The van der Waals surface area contributed by atoms with Crippen molar-refractivity contribution in [3.63, 3.8) is 0 Å². The molecule has 0 bridgehead atoms. The summed E-state index contributed by atoms with van der Waals surface area (Å²) in [7, 11) is 0. The Morgan fingerprint density at radius 3 is 2.18 bits per heavy atom. The molecule has 0 aliphatic carbocycles. The predicted molar refractivity (Wildman–Crippen MR) is 130 cm³/mol. The van der Waals surface area contributed by atoms with Gasteiger partial charge in [-0.1, -0.05) is 84.9 Å². The normalized spacial score (nSPS) is 16.9. The Balaban J connectivity index is 1.44. The molecule has 2 heterocycles. The van der Waals surface area contributed by atoms with Crippen LogP contribution >= 0.6 is 0 Å². The first-order chi connectivity index (χ1) is 16.3. The van der Waals surface area contributed by atoms with E-state index >= 15 is 0 Å². The van der Waals surface area contributed by atoms with Gasteiger partial charge in [0.25, 0.3) is 5.91 Å². The van der Waals surface area contributed by atoms with Crippen LogP contribution in [0.15, 0.2) is 97.3 Å². The van der Waals surface area contributed by atoms with Crippen LogP contribution in [-0.2, 0) is 0 Å². The molecule has 1 aromatic heterocycles. The number of piperazine rings is 1. The summed E-state index contributed by atoms with van der Waals surface area (Å²) in [5.74, 6) is -0.0750. The molecular formula is C28H27N3O2.